The fourth-order valence-electron chi connectivity index (χ4n) is 4.00. The Balaban J connectivity index is 1.56. The van der Waals surface area contributed by atoms with Crippen LogP contribution in [0.3, 0.4) is 0 Å². The molecule has 2 bridgehead atoms. The van der Waals surface area contributed by atoms with Crippen molar-refractivity contribution in [3.05, 3.63) is 35.4 Å². The predicted octanol–water partition coefficient (Wildman–Crippen LogP) is 4.94. The molecule has 0 saturated heterocycles. The van der Waals surface area contributed by atoms with Gasteiger partial charge in [-0.1, -0.05) is 12.5 Å². The Kier molecular flexibility index (Phi) is 3.79. The lowest BCUT2D eigenvalue weighted by Gasteiger charge is -2.23. The molecule has 0 N–H and O–H groups in total. The van der Waals surface area contributed by atoms with Gasteiger partial charge in [0.15, 0.2) is 11.6 Å². The number of fused-ring (bicyclic) bond motifs is 2. The van der Waals surface area contributed by atoms with E-state index in [9.17, 15) is 8.78 Å². The highest BCUT2D eigenvalue weighted by atomic mass is 35.5. The van der Waals surface area contributed by atoms with Crippen LogP contribution in [0.1, 0.15) is 37.7 Å². The molecule has 0 nitrogen and oxygen atoms in total. The zero-order valence-corrected chi connectivity index (χ0v) is 11.7. The van der Waals surface area contributed by atoms with E-state index in [0.29, 0.717) is 6.42 Å². The number of benzene rings is 1. The number of hydrogen-bond donors (Lipinski definition) is 0. The Labute approximate surface area is 118 Å². The van der Waals surface area contributed by atoms with Crippen LogP contribution >= 0.6 is 11.6 Å². The lowest BCUT2D eigenvalue weighted by atomic mass is 9.84. The topological polar surface area (TPSA) is 0 Å². The molecule has 2 aliphatic carbocycles. The summed E-state index contributed by atoms with van der Waals surface area (Å²) in [7, 11) is 0. The van der Waals surface area contributed by atoms with Gasteiger partial charge in [0.25, 0.3) is 0 Å². The standard InChI is InChI=1S/C16H19ClF2/c17-14(7-11-2-4-15(18)16(19)8-11)9-13-6-10-1-3-12(13)5-10/h2,4,8,10,12-14H,1,3,5-7,9H2. The van der Waals surface area contributed by atoms with E-state index < -0.39 is 11.6 Å². The average molecular weight is 285 g/mol. The molecule has 1 aromatic carbocycles. The second-order valence-corrected chi connectivity index (χ2v) is 6.84. The Bertz CT molecular complexity index is 460. The van der Waals surface area contributed by atoms with E-state index in [1.807, 2.05) is 0 Å². The number of rotatable bonds is 4. The van der Waals surface area contributed by atoms with Gasteiger partial charge in [-0.25, -0.2) is 8.78 Å². The van der Waals surface area contributed by atoms with Crippen molar-refractivity contribution in [1.82, 2.24) is 0 Å². The predicted molar refractivity (Wildman–Crippen MR) is 73.3 cm³/mol. The molecular weight excluding hydrogens is 266 g/mol. The molecule has 2 aliphatic rings. The lowest BCUT2D eigenvalue weighted by molar-refractivity contribution is 0.310. The first-order valence-electron chi connectivity index (χ1n) is 7.20. The van der Waals surface area contributed by atoms with Crippen molar-refractivity contribution in [3.8, 4) is 0 Å². The molecule has 0 spiro atoms. The van der Waals surface area contributed by atoms with E-state index in [4.69, 9.17) is 11.6 Å². The maximum Gasteiger partial charge on any atom is 0.159 e. The van der Waals surface area contributed by atoms with Crippen LogP contribution in [0.15, 0.2) is 18.2 Å². The van der Waals surface area contributed by atoms with Crippen LogP contribution in [-0.4, -0.2) is 5.38 Å². The summed E-state index contributed by atoms with van der Waals surface area (Å²) < 4.78 is 26.0. The maximum absolute atomic E-state index is 13.1. The van der Waals surface area contributed by atoms with Crippen LogP contribution in [0, 0.1) is 29.4 Å². The molecular formula is C16H19ClF2. The van der Waals surface area contributed by atoms with Crippen molar-refractivity contribution < 1.29 is 8.78 Å². The van der Waals surface area contributed by atoms with Gasteiger partial charge in [0, 0.05) is 5.38 Å². The molecule has 2 fully saturated rings. The van der Waals surface area contributed by atoms with E-state index in [-0.39, 0.29) is 5.38 Å². The average Bonchev–Trinajstić information content (AvgIpc) is 2.96. The van der Waals surface area contributed by atoms with Gasteiger partial charge in [-0.3, -0.25) is 0 Å². The Hall–Kier alpha value is -0.630. The first kappa shape index (κ1) is 13.4. The Morgan fingerprint density at radius 2 is 2.00 bits per heavy atom. The van der Waals surface area contributed by atoms with Gasteiger partial charge in [-0.2, -0.15) is 0 Å². The molecule has 3 rings (SSSR count). The summed E-state index contributed by atoms with van der Waals surface area (Å²) in [6.07, 6.45) is 7.13. The molecule has 3 heteroatoms. The summed E-state index contributed by atoms with van der Waals surface area (Å²) in [5.74, 6) is 0.995. The van der Waals surface area contributed by atoms with Crippen molar-refractivity contribution >= 4 is 11.6 Å². The monoisotopic (exact) mass is 284 g/mol. The third-order valence-corrected chi connectivity index (χ3v) is 5.22. The summed E-state index contributed by atoms with van der Waals surface area (Å²) in [4.78, 5) is 0. The lowest BCUT2D eigenvalue weighted by Crippen LogP contribution is -2.17. The molecule has 0 radical (unpaired) electrons. The molecule has 19 heavy (non-hydrogen) atoms. The molecule has 1 aromatic rings. The highest BCUT2D eigenvalue weighted by Crippen LogP contribution is 2.50. The number of hydrogen-bond acceptors (Lipinski definition) is 0. The summed E-state index contributed by atoms with van der Waals surface area (Å²) >= 11 is 6.41. The van der Waals surface area contributed by atoms with Crippen molar-refractivity contribution in [2.45, 2.75) is 43.9 Å². The summed E-state index contributed by atoms with van der Waals surface area (Å²) in [6.45, 7) is 0. The van der Waals surface area contributed by atoms with Gasteiger partial charge >= 0.3 is 0 Å². The minimum Gasteiger partial charge on any atom is -0.204 e. The molecule has 2 saturated carbocycles. The van der Waals surface area contributed by atoms with Crippen LogP contribution in [0.25, 0.3) is 0 Å². The Morgan fingerprint density at radius 3 is 2.63 bits per heavy atom. The van der Waals surface area contributed by atoms with Gasteiger partial charge in [-0.15, -0.1) is 11.6 Å². The summed E-state index contributed by atoms with van der Waals surface area (Å²) in [5, 5.41) is 0.0363. The van der Waals surface area contributed by atoms with Gasteiger partial charge < -0.3 is 0 Å². The van der Waals surface area contributed by atoms with Gasteiger partial charge in [0.2, 0.25) is 0 Å². The zero-order chi connectivity index (χ0) is 13.4. The molecule has 104 valence electrons. The number of alkyl halides is 1. The van der Waals surface area contributed by atoms with Crippen LogP contribution < -0.4 is 0 Å². The fourth-order valence-corrected chi connectivity index (χ4v) is 4.41. The SMILES string of the molecule is Fc1ccc(CC(Cl)CC2CC3CCC2C3)cc1F. The van der Waals surface area contributed by atoms with E-state index in [1.165, 1.54) is 37.8 Å². The van der Waals surface area contributed by atoms with E-state index in [0.717, 1.165) is 29.7 Å². The quantitative estimate of drug-likeness (QED) is 0.687. The van der Waals surface area contributed by atoms with Crippen molar-refractivity contribution in [2.24, 2.45) is 17.8 Å². The smallest absolute Gasteiger partial charge is 0.159 e. The van der Waals surface area contributed by atoms with E-state index >= 15 is 0 Å². The molecule has 0 amide bonds. The normalized spacial score (nSPS) is 30.8. The second-order valence-electron chi connectivity index (χ2n) is 6.22. The van der Waals surface area contributed by atoms with Crippen molar-refractivity contribution in [1.29, 1.82) is 0 Å². The minimum atomic E-state index is -0.789. The van der Waals surface area contributed by atoms with Gasteiger partial charge in [-0.05, 0) is 67.6 Å². The second kappa shape index (κ2) is 5.40. The minimum absolute atomic E-state index is 0.0363. The molecule has 4 unspecified atom stereocenters. The molecule has 4 atom stereocenters. The largest absolute Gasteiger partial charge is 0.204 e. The number of halogens is 3. The van der Waals surface area contributed by atoms with Gasteiger partial charge in [0.1, 0.15) is 0 Å². The highest BCUT2D eigenvalue weighted by molar-refractivity contribution is 6.20. The van der Waals surface area contributed by atoms with Gasteiger partial charge in [0.05, 0.1) is 0 Å². The third kappa shape index (κ3) is 2.94. The van der Waals surface area contributed by atoms with Crippen molar-refractivity contribution in [2.75, 3.05) is 0 Å². The van der Waals surface area contributed by atoms with Crippen LogP contribution in [0.4, 0.5) is 8.78 Å². The summed E-state index contributed by atoms with van der Waals surface area (Å²) in [6, 6.07) is 4.09. The Morgan fingerprint density at radius 1 is 1.16 bits per heavy atom. The van der Waals surface area contributed by atoms with E-state index in [1.54, 1.807) is 6.07 Å². The van der Waals surface area contributed by atoms with Crippen molar-refractivity contribution in [3.63, 3.8) is 0 Å². The first-order valence-corrected chi connectivity index (χ1v) is 7.63. The third-order valence-electron chi connectivity index (χ3n) is 4.88. The maximum atomic E-state index is 13.1. The molecule has 0 aliphatic heterocycles. The summed E-state index contributed by atoms with van der Waals surface area (Å²) in [5.41, 5.74) is 0.794. The molecule has 0 aromatic heterocycles. The fraction of sp³-hybridized carbons (Fsp3) is 0.625. The van der Waals surface area contributed by atoms with Crippen LogP contribution in [-0.2, 0) is 6.42 Å². The first-order chi connectivity index (χ1) is 9.11. The molecule has 0 heterocycles. The zero-order valence-electron chi connectivity index (χ0n) is 10.9. The van der Waals surface area contributed by atoms with Crippen LogP contribution in [0.5, 0.6) is 0 Å². The van der Waals surface area contributed by atoms with E-state index in [2.05, 4.69) is 0 Å². The highest BCUT2D eigenvalue weighted by Gasteiger charge is 2.39. The van der Waals surface area contributed by atoms with Crippen LogP contribution in [0.2, 0.25) is 0 Å².